The maximum Gasteiger partial charge on any atom is 0.416 e. The Labute approximate surface area is 100 Å². The van der Waals surface area contributed by atoms with E-state index in [2.05, 4.69) is 4.90 Å². The summed E-state index contributed by atoms with van der Waals surface area (Å²) >= 11 is 0. The molecule has 2 aliphatic heterocycles. The molecule has 2 aliphatic rings. The maximum atomic E-state index is 11.9. The van der Waals surface area contributed by atoms with Gasteiger partial charge in [0.1, 0.15) is 6.61 Å². The molecule has 0 aliphatic carbocycles. The monoisotopic (exact) mass is 242 g/mol. The molecule has 6 heteroatoms. The second-order valence-electron chi connectivity index (χ2n) is 4.36. The van der Waals surface area contributed by atoms with Crippen LogP contribution in [0.3, 0.4) is 0 Å². The predicted octanol–water partition coefficient (Wildman–Crippen LogP) is 0.0760. The van der Waals surface area contributed by atoms with Crippen molar-refractivity contribution in [3.63, 3.8) is 0 Å². The van der Waals surface area contributed by atoms with Gasteiger partial charge in [-0.25, -0.2) is 9.69 Å². The van der Waals surface area contributed by atoms with Crippen molar-refractivity contribution in [1.82, 2.24) is 9.80 Å². The largest absolute Gasteiger partial charge is 0.447 e. The van der Waals surface area contributed by atoms with Crippen LogP contribution < -0.4 is 0 Å². The molecule has 0 bridgehead atoms. The molecule has 2 fully saturated rings. The molecular formula is C11H18N2O4. The standard InChI is InChI=1S/C11H18N2O4/c1-9(12-2-5-16-6-3-12)8-10(14)13-4-7-17-11(13)15/h9H,2-8H2,1H3. The molecule has 17 heavy (non-hydrogen) atoms. The Morgan fingerprint density at radius 1 is 1.29 bits per heavy atom. The van der Waals surface area contributed by atoms with E-state index in [0.29, 0.717) is 32.8 Å². The van der Waals surface area contributed by atoms with E-state index < -0.39 is 6.09 Å². The normalized spacial score (nSPS) is 23.6. The van der Waals surface area contributed by atoms with Crippen molar-refractivity contribution in [2.24, 2.45) is 0 Å². The average Bonchev–Trinajstić information content (AvgIpc) is 2.76. The summed E-state index contributed by atoms with van der Waals surface area (Å²) in [5, 5.41) is 0. The van der Waals surface area contributed by atoms with E-state index in [0.717, 1.165) is 13.1 Å². The first-order chi connectivity index (χ1) is 8.18. The fraction of sp³-hybridized carbons (Fsp3) is 0.818. The van der Waals surface area contributed by atoms with Crippen LogP contribution in [-0.4, -0.2) is 67.3 Å². The number of ether oxygens (including phenoxy) is 2. The van der Waals surface area contributed by atoms with Crippen LogP contribution in [-0.2, 0) is 14.3 Å². The van der Waals surface area contributed by atoms with E-state index in [-0.39, 0.29) is 11.9 Å². The van der Waals surface area contributed by atoms with Crippen molar-refractivity contribution < 1.29 is 19.1 Å². The summed E-state index contributed by atoms with van der Waals surface area (Å²) in [5.41, 5.74) is 0. The van der Waals surface area contributed by atoms with Crippen LogP contribution in [0.2, 0.25) is 0 Å². The Hall–Kier alpha value is -1.14. The lowest BCUT2D eigenvalue weighted by atomic mass is 10.1. The Kier molecular flexibility index (Phi) is 3.96. The van der Waals surface area contributed by atoms with Gasteiger partial charge in [-0.3, -0.25) is 9.69 Å². The molecule has 1 unspecified atom stereocenters. The van der Waals surface area contributed by atoms with Gasteiger partial charge >= 0.3 is 6.09 Å². The Bertz CT molecular complexity index is 302. The molecule has 0 saturated carbocycles. The number of imide groups is 1. The number of rotatable bonds is 3. The van der Waals surface area contributed by atoms with Gasteiger partial charge < -0.3 is 9.47 Å². The van der Waals surface area contributed by atoms with Crippen molar-refractivity contribution in [2.45, 2.75) is 19.4 Å². The molecule has 0 radical (unpaired) electrons. The molecule has 96 valence electrons. The highest BCUT2D eigenvalue weighted by Gasteiger charge is 2.30. The zero-order chi connectivity index (χ0) is 12.3. The smallest absolute Gasteiger partial charge is 0.416 e. The topological polar surface area (TPSA) is 59.1 Å². The first-order valence-corrected chi connectivity index (χ1v) is 5.97. The van der Waals surface area contributed by atoms with E-state index >= 15 is 0 Å². The summed E-state index contributed by atoms with van der Waals surface area (Å²) in [4.78, 5) is 26.5. The highest BCUT2D eigenvalue weighted by Crippen LogP contribution is 2.11. The van der Waals surface area contributed by atoms with E-state index in [4.69, 9.17) is 9.47 Å². The van der Waals surface area contributed by atoms with Crippen LogP contribution in [0.4, 0.5) is 4.79 Å². The molecule has 0 spiro atoms. The fourth-order valence-electron chi connectivity index (χ4n) is 2.13. The van der Waals surface area contributed by atoms with Crippen molar-refractivity contribution in [1.29, 1.82) is 0 Å². The highest BCUT2D eigenvalue weighted by molar-refractivity contribution is 5.93. The molecular weight excluding hydrogens is 224 g/mol. The van der Waals surface area contributed by atoms with Crippen molar-refractivity contribution >= 4 is 12.0 Å². The van der Waals surface area contributed by atoms with E-state index in [1.165, 1.54) is 4.90 Å². The molecule has 2 saturated heterocycles. The molecule has 2 heterocycles. The molecule has 2 rings (SSSR count). The third-order valence-electron chi connectivity index (χ3n) is 3.20. The number of amides is 2. The van der Waals surface area contributed by atoms with Gasteiger partial charge in [0.05, 0.1) is 19.8 Å². The van der Waals surface area contributed by atoms with Gasteiger partial charge in [0, 0.05) is 25.6 Å². The maximum absolute atomic E-state index is 11.9. The number of hydrogen-bond acceptors (Lipinski definition) is 5. The van der Waals surface area contributed by atoms with E-state index in [9.17, 15) is 9.59 Å². The quantitative estimate of drug-likeness (QED) is 0.701. The number of carbonyl (C=O) groups is 2. The average molecular weight is 242 g/mol. The van der Waals surface area contributed by atoms with E-state index in [1.54, 1.807) is 0 Å². The van der Waals surface area contributed by atoms with Crippen molar-refractivity contribution in [3.05, 3.63) is 0 Å². The number of hydrogen-bond donors (Lipinski definition) is 0. The molecule has 2 amide bonds. The Morgan fingerprint density at radius 3 is 2.59 bits per heavy atom. The van der Waals surface area contributed by atoms with Gasteiger partial charge in [0.25, 0.3) is 0 Å². The molecule has 1 atom stereocenters. The summed E-state index contributed by atoms with van der Waals surface area (Å²) < 4.78 is 10.0. The van der Waals surface area contributed by atoms with Gasteiger partial charge in [0.15, 0.2) is 0 Å². The summed E-state index contributed by atoms with van der Waals surface area (Å²) in [6.07, 6.45) is -0.154. The van der Waals surface area contributed by atoms with Crippen LogP contribution in [0, 0.1) is 0 Å². The number of nitrogens with zero attached hydrogens (tertiary/aromatic N) is 2. The third-order valence-corrected chi connectivity index (χ3v) is 3.20. The fourth-order valence-corrected chi connectivity index (χ4v) is 2.13. The SMILES string of the molecule is CC(CC(=O)N1CCOC1=O)N1CCOCC1. The highest BCUT2D eigenvalue weighted by atomic mass is 16.6. The van der Waals surface area contributed by atoms with E-state index in [1.807, 2.05) is 6.92 Å². The van der Waals surface area contributed by atoms with Crippen molar-refractivity contribution in [3.8, 4) is 0 Å². The minimum absolute atomic E-state index is 0.139. The van der Waals surface area contributed by atoms with Gasteiger partial charge in [-0.1, -0.05) is 0 Å². The van der Waals surface area contributed by atoms with Crippen LogP contribution in [0.25, 0.3) is 0 Å². The lowest BCUT2D eigenvalue weighted by Gasteiger charge is -2.32. The second kappa shape index (κ2) is 5.46. The van der Waals surface area contributed by atoms with Crippen LogP contribution in [0.1, 0.15) is 13.3 Å². The van der Waals surface area contributed by atoms with Crippen molar-refractivity contribution in [2.75, 3.05) is 39.5 Å². The van der Waals surface area contributed by atoms with Gasteiger partial charge in [-0.05, 0) is 6.92 Å². The lowest BCUT2D eigenvalue weighted by molar-refractivity contribution is -0.129. The summed E-state index contributed by atoms with van der Waals surface area (Å²) in [6, 6.07) is 0.139. The molecule has 6 nitrogen and oxygen atoms in total. The Morgan fingerprint density at radius 2 is 2.00 bits per heavy atom. The molecule has 0 aromatic heterocycles. The zero-order valence-corrected chi connectivity index (χ0v) is 10.1. The lowest BCUT2D eigenvalue weighted by Crippen LogP contribution is -2.45. The number of carbonyl (C=O) groups excluding carboxylic acids is 2. The zero-order valence-electron chi connectivity index (χ0n) is 10.1. The van der Waals surface area contributed by atoms with Gasteiger partial charge in [-0.15, -0.1) is 0 Å². The van der Waals surface area contributed by atoms with Crippen LogP contribution in [0.5, 0.6) is 0 Å². The summed E-state index contributed by atoms with van der Waals surface area (Å²) in [5.74, 6) is -0.147. The molecule has 0 aromatic carbocycles. The van der Waals surface area contributed by atoms with Gasteiger partial charge in [0.2, 0.25) is 5.91 Å². The Balaban J connectivity index is 1.82. The summed E-state index contributed by atoms with van der Waals surface area (Å²) in [6.45, 7) is 5.82. The molecule has 0 aromatic rings. The third kappa shape index (κ3) is 2.95. The number of morpholine rings is 1. The van der Waals surface area contributed by atoms with Crippen LogP contribution >= 0.6 is 0 Å². The first-order valence-electron chi connectivity index (χ1n) is 5.97. The molecule has 0 N–H and O–H groups in total. The minimum Gasteiger partial charge on any atom is -0.447 e. The minimum atomic E-state index is -0.510. The summed E-state index contributed by atoms with van der Waals surface area (Å²) in [7, 11) is 0. The number of cyclic esters (lactones) is 1. The van der Waals surface area contributed by atoms with Crippen LogP contribution in [0.15, 0.2) is 0 Å². The first kappa shape index (κ1) is 12.3. The second-order valence-corrected chi connectivity index (χ2v) is 4.36. The predicted molar refractivity (Wildman–Crippen MR) is 59.5 cm³/mol. The van der Waals surface area contributed by atoms with Gasteiger partial charge in [-0.2, -0.15) is 0 Å².